The summed E-state index contributed by atoms with van der Waals surface area (Å²) in [5.41, 5.74) is 2.03. The van der Waals surface area contributed by atoms with Crippen LogP contribution < -0.4 is 4.74 Å². The number of benzene rings is 2. The first-order chi connectivity index (χ1) is 13.5. The number of carbonyl (C=O) groups is 2. The molecule has 1 heterocycles. The smallest absolute Gasteiger partial charge is 0.374 e. The van der Waals surface area contributed by atoms with E-state index in [0.717, 1.165) is 39.1 Å². The summed E-state index contributed by atoms with van der Waals surface area (Å²) in [6, 6.07) is 15.4. The van der Waals surface area contributed by atoms with E-state index in [-0.39, 0.29) is 17.4 Å². The fourth-order valence-electron chi connectivity index (χ4n) is 2.30. The Morgan fingerprint density at radius 3 is 2.79 bits per heavy atom. The molecule has 5 nitrogen and oxygen atoms in total. The first kappa shape index (κ1) is 20.7. The van der Waals surface area contributed by atoms with Gasteiger partial charge >= 0.3 is 5.30 Å². The highest BCUT2D eigenvalue weighted by molar-refractivity contribution is 9.10. The molecule has 3 rings (SSSR count). The van der Waals surface area contributed by atoms with E-state index in [1.165, 1.54) is 0 Å². The minimum Gasteiger partial charge on any atom is -0.488 e. The van der Waals surface area contributed by atoms with Gasteiger partial charge in [0.2, 0.25) is 5.12 Å². The predicted octanol–water partition coefficient (Wildman–Crippen LogP) is 5.89. The van der Waals surface area contributed by atoms with Crippen molar-refractivity contribution in [2.75, 3.05) is 6.61 Å². The van der Waals surface area contributed by atoms with Crippen LogP contribution in [0.3, 0.4) is 0 Å². The lowest BCUT2D eigenvalue weighted by atomic mass is 10.1. The molecule has 2 aromatic rings. The standard InChI is InChI=1S/C20H16BrNO4S2/c1-2-25-20(24)28-19-22-16(18(23)27-19)11-14-10-15(21)8-9-17(14)26-12-13-6-4-3-5-7-13/h3-11H,2,12H2,1H3. The lowest BCUT2D eigenvalue weighted by Gasteiger charge is -2.10. The van der Waals surface area contributed by atoms with Crippen LogP contribution in [0.1, 0.15) is 18.1 Å². The number of thioether (sulfide) groups is 2. The molecule has 0 unspecified atom stereocenters. The molecule has 0 saturated heterocycles. The van der Waals surface area contributed by atoms with E-state index in [2.05, 4.69) is 20.9 Å². The van der Waals surface area contributed by atoms with E-state index >= 15 is 0 Å². The second kappa shape index (κ2) is 9.95. The van der Waals surface area contributed by atoms with E-state index in [4.69, 9.17) is 9.47 Å². The van der Waals surface area contributed by atoms with E-state index in [1.54, 1.807) is 13.0 Å². The van der Waals surface area contributed by atoms with Crippen LogP contribution >= 0.6 is 39.5 Å². The van der Waals surface area contributed by atoms with Crippen molar-refractivity contribution in [3.63, 3.8) is 0 Å². The van der Waals surface area contributed by atoms with Crippen molar-refractivity contribution in [2.45, 2.75) is 13.5 Å². The number of nitrogens with zero attached hydrogens (tertiary/aromatic N) is 1. The number of halogens is 1. The maximum atomic E-state index is 12.3. The summed E-state index contributed by atoms with van der Waals surface area (Å²) in [6.45, 7) is 2.41. The topological polar surface area (TPSA) is 65.0 Å². The van der Waals surface area contributed by atoms with Gasteiger partial charge in [-0.05, 0) is 48.5 Å². The zero-order chi connectivity index (χ0) is 19.9. The van der Waals surface area contributed by atoms with E-state index in [0.29, 0.717) is 16.7 Å². The first-order valence-electron chi connectivity index (χ1n) is 8.38. The van der Waals surface area contributed by atoms with Crippen molar-refractivity contribution in [1.82, 2.24) is 0 Å². The van der Waals surface area contributed by atoms with E-state index < -0.39 is 5.30 Å². The third-order valence-electron chi connectivity index (χ3n) is 3.53. The fourth-order valence-corrected chi connectivity index (χ4v) is 4.25. The Morgan fingerprint density at radius 2 is 2.04 bits per heavy atom. The molecule has 1 aliphatic heterocycles. The van der Waals surface area contributed by atoms with E-state index in [1.807, 2.05) is 48.5 Å². The van der Waals surface area contributed by atoms with Crippen LogP contribution in [-0.2, 0) is 16.1 Å². The quantitative estimate of drug-likeness (QED) is 0.395. The Hall–Kier alpha value is -2.03. The zero-order valence-electron chi connectivity index (χ0n) is 14.9. The lowest BCUT2D eigenvalue weighted by molar-refractivity contribution is -0.107. The van der Waals surface area contributed by atoms with Crippen molar-refractivity contribution >= 4 is 60.3 Å². The minimum absolute atomic E-state index is 0.221. The van der Waals surface area contributed by atoms with Gasteiger partial charge in [0.15, 0.2) is 0 Å². The molecule has 0 amide bonds. The summed E-state index contributed by atoms with van der Waals surface area (Å²) < 4.78 is 12.0. The van der Waals surface area contributed by atoms with Gasteiger partial charge in [0.05, 0.1) is 6.61 Å². The van der Waals surface area contributed by atoms with Gasteiger partial charge in [-0.25, -0.2) is 9.79 Å². The van der Waals surface area contributed by atoms with Crippen LogP contribution in [0.25, 0.3) is 6.08 Å². The Labute approximate surface area is 179 Å². The van der Waals surface area contributed by atoms with Crippen molar-refractivity contribution in [3.8, 4) is 5.75 Å². The summed E-state index contributed by atoms with van der Waals surface area (Å²) in [7, 11) is 0. The summed E-state index contributed by atoms with van der Waals surface area (Å²) in [5.74, 6) is 0.638. The molecule has 0 bridgehead atoms. The number of hydrogen-bond donors (Lipinski definition) is 0. The van der Waals surface area contributed by atoms with Crippen LogP contribution in [0.5, 0.6) is 5.75 Å². The first-order valence-corrected chi connectivity index (χ1v) is 10.8. The number of carbonyl (C=O) groups excluding carboxylic acids is 2. The molecule has 8 heteroatoms. The fraction of sp³-hybridized carbons (Fsp3) is 0.150. The second-order valence-corrected chi connectivity index (χ2v) is 8.60. The van der Waals surface area contributed by atoms with Crippen molar-refractivity contribution in [2.24, 2.45) is 4.99 Å². The van der Waals surface area contributed by atoms with Crippen molar-refractivity contribution in [3.05, 3.63) is 69.8 Å². The summed E-state index contributed by atoms with van der Waals surface area (Å²) >= 11 is 5.18. The minimum atomic E-state index is -0.475. The Bertz CT molecular complexity index is 944. The van der Waals surface area contributed by atoms with Crippen LogP contribution in [0.4, 0.5) is 4.79 Å². The van der Waals surface area contributed by atoms with Gasteiger partial charge in [0, 0.05) is 21.8 Å². The van der Waals surface area contributed by atoms with Crippen LogP contribution in [-0.4, -0.2) is 21.4 Å². The molecule has 0 aliphatic carbocycles. The van der Waals surface area contributed by atoms with Gasteiger partial charge in [-0.2, -0.15) is 0 Å². The number of rotatable bonds is 5. The monoisotopic (exact) mass is 477 g/mol. The third kappa shape index (κ3) is 5.73. The second-order valence-electron chi connectivity index (χ2n) is 5.54. The van der Waals surface area contributed by atoms with Crippen LogP contribution in [0.15, 0.2) is 63.7 Å². The molecule has 2 aromatic carbocycles. The van der Waals surface area contributed by atoms with Crippen molar-refractivity contribution in [1.29, 1.82) is 0 Å². The molecule has 0 fully saturated rings. The van der Waals surface area contributed by atoms with E-state index in [9.17, 15) is 9.59 Å². The predicted molar refractivity (Wildman–Crippen MR) is 118 cm³/mol. The average Bonchev–Trinajstić information content (AvgIpc) is 3.01. The summed E-state index contributed by atoms with van der Waals surface area (Å²) in [4.78, 5) is 28.1. The average molecular weight is 478 g/mol. The van der Waals surface area contributed by atoms with Crippen LogP contribution in [0.2, 0.25) is 0 Å². The van der Waals surface area contributed by atoms with Gasteiger partial charge in [0.1, 0.15) is 22.4 Å². The normalized spacial score (nSPS) is 14.9. The number of hydrogen-bond acceptors (Lipinski definition) is 7. The lowest BCUT2D eigenvalue weighted by Crippen LogP contribution is -1.98. The Balaban J connectivity index is 1.80. The molecule has 0 spiro atoms. The van der Waals surface area contributed by atoms with Gasteiger partial charge < -0.3 is 9.47 Å². The molecule has 0 radical (unpaired) electrons. The highest BCUT2D eigenvalue weighted by Gasteiger charge is 2.25. The van der Waals surface area contributed by atoms with Crippen LogP contribution in [0, 0.1) is 0 Å². The third-order valence-corrected chi connectivity index (χ3v) is 5.74. The molecule has 1 aliphatic rings. The molecule has 0 atom stereocenters. The summed E-state index contributed by atoms with van der Waals surface area (Å²) in [5, 5.41) is -0.696. The van der Waals surface area contributed by atoms with Gasteiger partial charge in [-0.15, -0.1) is 0 Å². The largest absolute Gasteiger partial charge is 0.488 e. The highest BCUT2D eigenvalue weighted by Crippen LogP contribution is 2.34. The molecular formula is C20H16BrNO4S2. The Morgan fingerprint density at radius 1 is 1.25 bits per heavy atom. The number of ether oxygens (including phenoxy) is 2. The SMILES string of the molecule is CCOC(=O)SC1=NC(=Cc2cc(Br)ccc2OCc2ccccc2)C(=O)S1. The molecule has 28 heavy (non-hydrogen) atoms. The maximum Gasteiger partial charge on any atom is 0.374 e. The molecule has 144 valence electrons. The van der Waals surface area contributed by atoms with Gasteiger partial charge in [-0.1, -0.05) is 46.3 Å². The number of aliphatic imine (C=N–C) groups is 1. The zero-order valence-corrected chi connectivity index (χ0v) is 18.1. The Kier molecular flexibility index (Phi) is 7.36. The highest BCUT2D eigenvalue weighted by atomic mass is 79.9. The molecule has 0 N–H and O–H groups in total. The van der Waals surface area contributed by atoms with Crippen molar-refractivity contribution < 1.29 is 19.1 Å². The summed E-state index contributed by atoms with van der Waals surface area (Å²) in [6.07, 6.45) is 1.67. The maximum absolute atomic E-state index is 12.3. The molecule has 0 saturated carbocycles. The molecule has 0 aromatic heterocycles. The molecular weight excluding hydrogens is 462 g/mol. The van der Waals surface area contributed by atoms with Gasteiger partial charge in [0.25, 0.3) is 0 Å². The van der Waals surface area contributed by atoms with Gasteiger partial charge in [-0.3, -0.25) is 4.79 Å².